The van der Waals surface area contributed by atoms with Crippen molar-refractivity contribution in [3.8, 4) is 0 Å². The van der Waals surface area contributed by atoms with E-state index in [1.54, 1.807) is 4.90 Å². The van der Waals surface area contributed by atoms with E-state index in [-0.39, 0.29) is 12.0 Å². The van der Waals surface area contributed by atoms with Crippen LogP contribution in [0.1, 0.15) is 26.2 Å². The Balaban J connectivity index is 2.46. The first-order valence-electron chi connectivity index (χ1n) is 4.87. The molecule has 1 aliphatic rings. The lowest BCUT2D eigenvalue weighted by Gasteiger charge is -2.31. The van der Waals surface area contributed by atoms with E-state index in [2.05, 4.69) is 0 Å². The van der Waals surface area contributed by atoms with Gasteiger partial charge in [0.25, 0.3) is 0 Å². The average molecular weight is 186 g/mol. The molecule has 2 unspecified atom stereocenters. The van der Waals surface area contributed by atoms with Gasteiger partial charge in [-0.15, -0.1) is 0 Å². The van der Waals surface area contributed by atoms with Crippen LogP contribution in [0.2, 0.25) is 0 Å². The van der Waals surface area contributed by atoms with Gasteiger partial charge in [-0.1, -0.05) is 6.92 Å². The van der Waals surface area contributed by atoms with Gasteiger partial charge in [-0.05, 0) is 19.3 Å². The summed E-state index contributed by atoms with van der Waals surface area (Å²) in [5.74, 6) is -0.0266. The van der Waals surface area contributed by atoms with E-state index in [9.17, 15) is 9.90 Å². The Morgan fingerprint density at radius 3 is 3.00 bits per heavy atom. The lowest BCUT2D eigenvalue weighted by molar-refractivity contribution is -0.135. The minimum absolute atomic E-state index is 0.0266. The third kappa shape index (κ3) is 2.67. The van der Waals surface area contributed by atoms with Crippen LogP contribution in [0.4, 0.5) is 0 Å². The number of rotatable bonds is 2. The maximum Gasteiger partial charge on any atom is 0.239 e. The standard InChI is InChI=1S/C9H18N2O2/c1-2-8(10)9(13)11-5-3-4-7(12)6-11/h7-8,12H,2-6,10H2,1H3. The van der Waals surface area contributed by atoms with Crippen LogP contribution >= 0.6 is 0 Å². The molecule has 1 rings (SSSR count). The van der Waals surface area contributed by atoms with Crippen molar-refractivity contribution >= 4 is 5.91 Å². The number of aliphatic hydroxyl groups excluding tert-OH is 1. The number of aliphatic hydroxyl groups is 1. The molecule has 0 aliphatic carbocycles. The highest BCUT2D eigenvalue weighted by molar-refractivity contribution is 5.81. The second kappa shape index (κ2) is 4.58. The zero-order chi connectivity index (χ0) is 9.84. The van der Waals surface area contributed by atoms with Crippen LogP contribution in [0.15, 0.2) is 0 Å². The number of piperidine rings is 1. The molecule has 13 heavy (non-hydrogen) atoms. The van der Waals surface area contributed by atoms with Gasteiger partial charge in [0, 0.05) is 13.1 Å². The van der Waals surface area contributed by atoms with Crippen molar-refractivity contribution < 1.29 is 9.90 Å². The van der Waals surface area contributed by atoms with E-state index in [1.807, 2.05) is 6.92 Å². The Morgan fingerprint density at radius 1 is 1.77 bits per heavy atom. The second-order valence-corrected chi connectivity index (χ2v) is 3.60. The summed E-state index contributed by atoms with van der Waals surface area (Å²) in [4.78, 5) is 13.2. The molecule has 0 aromatic rings. The largest absolute Gasteiger partial charge is 0.391 e. The lowest BCUT2D eigenvalue weighted by atomic mass is 10.1. The summed E-state index contributed by atoms with van der Waals surface area (Å²) in [5, 5.41) is 9.35. The average Bonchev–Trinajstić information content (AvgIpc) is 2.15. The zero-order valence-electron chi connectivity index (χ0n) is 8.07. The first-order valence-corrected chi connectivity index (χ1v) is 4.87. The molecule has 76 valence electrons. The molecule has 0 aromatic carbocycles. The van der Waals surface area contributed by atoms with Gasteiger partial charge in [0.15, 0.2) is 0 Å². The maximum absolute atomic E-state index is 11.6. The number of hydrogen-bond donors (Lipinski definition) is 2. The molecule has 1 amide bonds. The van der Waals surface area contributed by atoms with Crippen LogP contribution in [0.25, 0.3) is 0 Å². The number of likely N-dealkylation sites (tertiary alicyclic amines) is 1. The molecule has 1 heterocycles. The maximum atomic E-state index is 11.6. The van der Waals surface area contributed by atoms with E-state index in [0.717, 1.165) is 19.4 Å². The minimum Gasteiger partial charge on any atom is -0.391 e. The molecule has 0 saturated carbocycles. The van der Waals surface area contributed by atoms with Crippen molar-refractivity contribution in [2.24, 2.45) is 5.73 Å². The van der Waals surface area contributed by atoms with Gasteiger partial charge in [-0.2, -0.15) is 0 Å². The van der Waals surface area contributed by atoms with Crippen LogP contribution in [0.5, 0.6) is 0 Å². The first-order chi connectivity index (χ1) is 6.15. The van der Waals surface area contributed by atoms with Crippen LogP contribution in [0, 0.1) is 0 Å². The second-order valence-electron chi connectivity index (χ2n) is 3.60. The smallest absolute Gasteiger partial charge is 0.239 e. The molecule has 3 N–H and O–H groups in total. The number of carbonyl (C=O) groups is 1. The molecule has 4 nitrogen and oxygen atoms in total. The Hall–Kier alpha value is -0.610. The summed E-state index contributed by atoms with van der Waals surface area (Å²) < 4.78 is 0. The molecule has 0 bridgehead atoms. The van der Waals surface area contributed by atoms with Gasteiger partial charge in [0.05, 0.1) is 12.1 Å². The molecular weight excluding hydrogens is 168 g/mol. The number of nitrogens with two attached hydrogens (primary N) is 1. The minimum atomic E-state index is -0.398. The number of amides is 1. The molecule has 0 aromatic heterocycles. The van der Waals surface area contributed by atoms with Crippen molar-refractivity contribution in [3.63, 3.8) is 0 Å². The highest BCUT2D eigenvalue weighted by Crippen LogP contribution is 2.11. The van der Waals surface area contributed by atoms with Gasteiger partial charge in [0.1, 0.15) is 0 Å². The fourth-order valence-corrected chi connectivity index (χ4v) is 1.56. The number of hydrogen-bond acceptors (Lipinski definition) is 3. The fraction of sp³-hybridized carbons (Fsp3) is 0.889. The summed E-state index contributed by atoms with van der Waals surface area (Å²) in [7, 11) is 0. The van der Waals surface area contributed by atoms with Crippen molar-refractivity contribution in [2.45, 2.75) is 38.3 Å². The van der Waals surface area contributed by atoms with Crippen molar-refractivity contribution in [1.82, 2.24) is 4.90 Å². The van der Waals surface area contributed by atoms with E-state index < -0.39 is 6.04 Å². The summed E-state index contributed by atoms with van der Waals surface area (Å²) in [6.45, 7) is 3.08. The van der Waals surface area contributed by atoms with Crippen LogP contribution in [-0.4, -0.2) is 41.1 Å². The number of carbonyl (C=O) groups excluding carboxylic acids is 1. The Bertz CT molecular complexity index is 184. The Morgan fingerprint density at radius 2 is 2.46 bits per heavy atom. The first kappa shape index (κ1) is 10.5. The van der Waals surface area contributed by atoms with Crippen LogP contribution < -0.4 is 5.73 Å². The SMILES string of the molecule is CCC(N)C(=O)N1CCCC(O)C1. The predicted molar refractivity (Wildman–Crippen MR) is 50.1 cm³/mol. The molecule has 1 aliphatic heterocycles. The highest BCUT2D eigenvalue weighted by Gasteiger charge is 2.24. The molecule has 0 radical (unpaired) electrons. The zero-order valence-corrected chi connectivity index (χ0v) is 8.07. The van der Waals surface area contributed by atoms with E-state index in [0.29, 0.717) is 13.0 Å². The van der Waals surface area contributed by atoms with Crippen molar-refractivity contribution in [1.29, 1.82) is 0 Å². The van der Waals surface area contributed by atoms with Crippen LogP contribution in [-0.2, 0) is 4.79 Å². The fourth-order valence-electron chi connectivity index (χ4n) is 1.56. The number of β-amino-alcohol motifs (C(OH)–C–C–N with tert-alkyl or cyclic N) is 1. The topological polar surface area (TPSA) is 66.6 Å². The molecule has 4 heteroatoms. The Kier molecular flexibility index (Phi) is 3.69. The van der Waals surface area contributed by atoms with Crippen molar-refractivity contribution in [2.75, 3.05) is 13.1 Å². The van der Waals surface area contributed by atoms with Crippen molar-refractivity contribution in [3.05, 3.63) is 0 Å². The predicted octanol–water partition coefficient (Wildman–Crippen LogP) is -0.293. The summed E-state index contributed by atoms with van der Waals surface area (Å²) >= 11 is 0. The third-order valence-corrected chi connectivity index (χ3v) is 2.47. The van der Waals surface area contributed by atoms with Gasteiger partial charge < -0.3 is 15.7 Å². The van der Waals surface area contributed by atoms with E-state index >= 15 is 0 Å². The summed E-state index contributed by atoms with van der Waals surface area (Å²) in [5.41, 5.74) is 5.62. The van der Waals surface area contributed by atoms with Gasteiger partial charge >= 0.3 is 0 Å². The number of nitrogens with zero attached hydrogens (tertiary/aromatic N) is 1. The van der Waals surface area contributed by atoms with Gasteiger partial charge in [-0.3, -0.25) is 4.79 Å². The highest BCUT2D eigenvalue weighted by atomic mass is 16.3. The third-order valence-electron chi connectivity index (χ3n) is 2.47. The molecular formula is C9H18N2O2. The quantitative estimate of drug-likeness (QED) is 0.622. The van der Waals surface area contributed by atoms with Gasteiger partial charge in [0.2, 0.25) is 5.91 Å². The molecule has 2 atom stereocenters. The lowest BCUT2D eigenvalue weighted by Crippen LogP contribution is -2.49. The van der Waals surface area contributed by atoms with Gasteiger partial charge in [-0.25, -0.2) is 0 Å². The molecule has 1 saturated heterocycles. The normalized spacial score (nSPS) is 25.8. The summed E-state index contributed by atoms with van der Waals surface area (Å²) in [6, 6.07) is -0.398. The van der Waals surface area contributed by atoms with Crippen LogP contribution in [0.3, 0.4) is 0 Å². The molecule has 0 spiro atoms. The molecule has 1 fully saturated rings. The summed E-state index contributed by atoms with van der Waals surface area (Å²) in [6.07, 6.45) is 1.97. The Labute approximate surface area is 78.7 Å². The monoisotopic (exact) mass is 186 g/mol. The van der Waals surface area contributed by atoms with E-state index in [4.69, 9.17) is 5.73 Å². The van der Waals surface area contributed by atoms with E-state index in [1.165, 1.54) is 0 Å².